The molecule has 0 bridgehead atoms. The van der Waals surface area contributed by atoms with Crippen LogP contribution in [0.2, 0.25) is 0 Å². The third kappa shape index (κ3) is 4.16. The minimum Gasteiger partial charge on any atom is -0.464 e. The molecular weight excluding hydrogens is 459 g/mol. The Morgan fingerprint density at radius 1 is 1.19 bits per heavy atom. The van der Waals surface area contributed by atoms with Gasteiger partial charge in [0.25, 0.3) is 0 Å². The molecule has 36 heavy (non-hydrogen) atoms. The second-order valence-corrected chi connectivity index (χ2v) is 9.63. The predicted octanol–water partition coefficient (Wildman–Crippen LogP) is 4.79. The maximum absolute atomic E-state index is 15.4. The zero-order valence-corrected chi connectivity index (χ0v) is 21.3. The van der Waals surface area contributed by atoms with Gasteiger partial charge in [0.2, 0.25) is 0 Å². The van der Waals surface area contributed by atoms with Crippen molar-refractivity contribution in [3.05, 3.63) is 42.5 Å². The number of fused-ring (bicyclic) bond motifs is 2. The Morgan fingerprint density at radius 2 is 2.00 bits per heavy atom. The van der Waals surface area contributed by atoms with E-state index in [4.69, 9.17) is 20.2 Å². The zero-order valence-electron chi connectivity index (χ0n) is 21.3. The van der Waals surface area contributed by atoms with Crippen LogP contribution in [0, 0.1) is 5.82 Å². The van der Waals surface area contributed by atoms with Gasteiger partial charge in [-0.25, -0.2) is 14.4 Å². The topological polar surface area (TPSA) is 91.3 Å². The molecule has 3 heterocycles. The van der Waals surface area contributed by atoms with Gasteiger partial charge in [-0.15, -0.1) is 0 Å². The first kappa shape index (κ1) is 24.4. The predicted molar refractivity (Wildman–Crippen MR) is 140 cm³/mol. The normalized spacial score (nSPS) is 17.7. The molecular formula is C27H33FN6O2. The molecule has 2 N–H and O–H groups in total. The van der Waals surface area contributed by atoms with Crippen molar-refractivity contribution in [1.29, 1.82) is 0 Å². The number of nitrogens with two attached hydrogens (primary N) is 1. The molecule has 9 heteroatoms. The van der Waals surface area contributed by atoms with Gasteiger partial charge >= 0.3 is 0 Å². The Labute approximate surface area is 210 Å². The Kier molecular flexibility index (Phi) is 6.53. The number of rotatable bonds is 7. The highest BCUT2D eigenvalue weighted by molar-refractivity contribution is 5.89. The van der Waals surface area contributed by atoms with E-state index >= 15 is 4.39 Å². The van der Waals surface area contributed by atoms with Crippen molar-refractivity contribution in [2.45, 2.75) is 51.1 Å². The number of ether oxygens (including phenoxy) is 2. The summed E-state index contributed by atoms with van der Waals surface area (Å²) < 4.78 is 27.6. The van der Waals surface area contributed by atoms with Gasteiger partial charge in [0.15, 0.2) is 24.2 Å². The standard InChI is InChI=1S/C27H33FN6O2/c1-5-27(6-2)13-19(29)9-10-34(27)20-7-8-22-17(11-20)14-30-26(31-22)21-12-18-15-33(3)32-24(18)23(28)25(21)36-16-35-4/h7-8,11-12,14-15,19H,5-6,9-10,13,16,29H2,1-4H3. The molecule has 1 aliphatic heterocycles. The Morgan fingerprint density at radius 3 is 2.75 bits per heavy atom. The molecule has 8 nitrogen and oxygen atoms in total. The van der Waals surface area contributed by atoms with Gasteiger partial charge < -0.3 is 20.1 Å². The first-order chi connectivity index (χ1) is 17.4. The van der Waals surface area contributed by atoms with E-state index in [1.807, 2.05) is 6.07 Å². The molecule has 2 aromatic carbocycles. The fourth-order valence-corrected chi connectivity index (χ4v) is 5.53. The molecule has 1 saturated heterocycles. The van der Waals surface area contributed by atoms with Gasteiger partial charge in [-0.05, 0) is 49.9 Å². The van der Waals surface area contributed by atoms with E-state index in [1.54, 1.807) is 30.2 Å². The minimum absolute atomic E-state index is 0.0272. The summed E-state index contributed by atoms with van der Waals surface area (Å²) in [6.45, 7) is 5.31. The van der Waals surface area contributed by atoms with Crippen molar-refractivity contribution in [3.63, 3.8) is 0 Å². The molecule has 1 unspecified atom stereocenters. The van der Waals surface area contributed by atoms with Crippen LogP contribution in [-0.4, -0.2) is 51.8 Å². The fourth-order valence-electron chi connectivity index (χ4n) is 5.53. The lowest BCUT2D eigenvalue weighted by molar-refractivity contribution is 0.0489. The molecule has 1 atom stereocenters. The Balaban J connectivity index is 1.57. The van der Waals surface area contributed by atoms with Gasteiger partial charge in [-0.1, -0.05) is 13.8 Å². The average molecular weight is 493 g/mol. The maximum atomic E-state index is 15.4. The summed E-state index contributed by atoms with van der Waals surface area (Å²) in [5.41, 5.74) is 9.03. The lowest BCUT2D eigenvalue weighted by atomic mass is 9.79. The monoisotopic (exact) mass is 492 g/mol. The van der Waals surface area contributed by atoms with Crippen LogP contribution in [0.1, 0.15) is 39.5 Å². The molecule has 1 aliphatic rings. The highest BCUT2D eigenvalue weighted by Gasteiger charge is 2.38. The summed E-state index contributed by atoms with van der Waals surface area (Å²) in [5.74, 6) is -0.149. The third-order valence-electron chi connectivity index (χ3n) is 7.50. The number of benzene rings is 2. The highest BCUT2D eigenvalue weighted by atomic mass is 19.1. The van der Waals surface area contributed by atoms with Crippen molar-refractivity contribution in [2.75, 3.05) is 25.3 Å². The molecule has 190 valence electrons. The van der Waals surface area contributed by atoms with Crippen LogP contribution in [0.4, 0.5) is 10.1 Å². The molecule has 0 amide bonds. The van der Waals surface area contributed by atoms with Gasteiger partial charge in [0.05, 0.1) is 11.1 Å². The van der Waals surface area contributed by atoms with Crippen LogP contribution < -0.4 is 15.4 Å². The number of aromatic nitrogens is 4. The third-order valence-corrected chi connectivity index (χ3v) is 7.50. The molecule has 1 fully saturated rings. The molecule has 0 aliphatic carbocycles. The summed E-state index contributed by atoms with van der Waals surface area (Å²) in [4.78, 5) is 11.9. The number of anilines is 1. The second kappa shape index (κ2) is 9.63. The quantitative estimate of drug-likeness (QED) is 0.371. The lowest BCUT2D eigenvalue weighted by Gasteiger charge is -2.50. The van der Waals surface area contributed by atoms with Crippen LogP contribution in [0.3, 0.4) is 0 Å². The van der Waals surface area contributed by atoms with Crippen LogP contribution >= 0.6 is 0 Å². The summed E-state index contributed by atoms with van der Waals surface area (Å²) in [7, 11) is 3.24. The van der Waals surface area contributed by atoms with E-state index in [0.717, 1.165) is 48.8 Å². The number of aryl methyl sites for hydroxylation is 1. The number of halogens is 1. The van der Waals surface area contributed by atoms with Gasteiger partial charge in [0, 0.05) is 61.1 Å². The van der Waals surface area contributed by atoms with Crippen molar-refractivity contribution in [3.8, 4) is 17.1 Å². The summed E-state index contributed by atoms with van der Waals surface area (Å²) in [6, 6.07) is 8.31. The number of nitrogens with zero attached hydrogens (tertiary/aromatic N) is 5. The Bertz CT molecular complexity index is 1400. The van der Waals surface area contributed by atoms with E-state index in [9.17, 15) is 0 Å². The Hall–Kier alpha value is -3.30. The van der Waals surface area contributed by atoms with E-state index in [0.29, 0.717) is 16.8 Å². The largest absolute Gasteiger partial charge is 0.464 e. The maximum Gasteiger partial charge on any atom is 0.193 e. The number of piperidine rings is 1. The zero-order chi connectivity index (χ0) is 25.4. The van der Waals surface area contributed by atoms with Crippen molar-refractivity contribution < 1.29 is 13.9 Å². The average Bonchev–Trinajstić information content (AvgIpc) is 3.27. The number of hydrogen-bond acceptors (Lipinski definition) is 7. The number of methoxy groups -OCH3 is 1. The van der Waals surface area contributed by atoms with E-state index < -0.39 is 5.82 Å². The summed E-state index contributed by atoms with van der Waals surface area (Å²) in [6.07, 6.45) is 7.59. The molecule has 0 radical (unpaired) electrons. The van der Waals surface area contributed by atoms with Crippen molar-refractivity contribution in [2.24, 2.45) is 12.8 Å². The highest BCUT2D eigenvalue weighted by Crippen LogP contribution is 2.39. The van der Waals surface area contributed by atoms with Crippen molar-refractivity contribution in [1.82, 2.24) is 19.7 Å². The molecule has 5 rings (SSSR count). The van der Waals surface area contributed by atoms with Crippen LogP contribution in [0.15, 0.2) is 36.7 Å². The first-order valence-electron chi connectivity index (χ1n) is 12.5. The second-order valence-electron chi connectivity index (χ2n) is 9.63. The number of hydrogen-bond donors (Lipinski definition) is 1. The first-order valence-corrected chi connectivity index (χ1v) is 12.5. The van der Waals surface area contributed by atoms with Gasteiger partial charge in [-0.2, -0.15) is 5.10 Å². The fraction of sp³-hybridized carbons (Fsp3) is 0.444. The molecule has 4 aromatic rings. The summed E-state index contributed by atoms with van der Waals surface area (Å²) >= 11 is 0. The smallest absolute Gasteiger partial charge is 0.193 e. The van der Waals surface area contributed by atoms with Gasteiger partial charge in [0.1, 0.15) is 5.52 Å². The van der Waals surface area contributed by atoms with E-state index in [1.165, 1.54) is 7.11 Å². The van der Waals surface area contributed by atoms with Crippen LogP contribution in [0.25, 0.3) is 33.2 Å². The summed E-state index contributed by atoms with van der Waals surface area (Å²) in [5, 5.41) is 5.79. The molecule has 2 aromatic heterocycles. The molecule has 0 saturated carbocycles. The van der Waals surface area contributed by atoms with Crippen LogP contribution in [-0.2, 0) is 11.8 Å². The van der Waals surface area contributed by atoms with E-state index in [2.05, 4.69) is 41.0 Å². The van der Waals surface area contributed by atoms with Crippen molar-refractivity contribution >= 4 is 27.5 Å². The van der Waals surface area contributed by atoms with Crippen LogP contribution in [0.5, 0.6) is 5.75 Å². The minimum atomic E-state index is -0.557. The SMILES string of the molecule is CCC1(CC)CC(N)CCN1c1ccc2nc(-c3cc4cn(C)nc4c(F)c3OCOC)ncc2c1. The van der Waals surface area contributed by atoms with Gasteiger partial charge in [-0.3, -0.25) is 4.68 Å². The molecule has 0 spiro atoms. The lowest BCUT2D eigenvalue weighted by Crippen LogP contribution is -2.56. The van der Waals surface area contributed by atoms with E-state index in [-0.39, 0.29) is 29.6 Å².